The molecule has 0 bridgehead atoms. The third-order valence-electron chi connectivity index (χ3n) is 3.68. The van der Waals surface area contributed by atoms with Crippen molar-refractivity contribution in [2.75, 3.05) is 25.1 Å². The van der Waals surface area contributed by atoms with Gasteiger partial charge in [-0.2, -0.15) is 0 Å². The van der Waals surface area contributed by atoms with Crippen LogP contribution < -0.4 is 4.90 Å². The van der Waals surface area contributed by atoms with E-state index in [0.29, 0.717) is 6.10 Å². The van der Waals surface area contributed by atoms with Crippen molar-refractivity contribution in [1.29, 1.82) is 0 Å². The first kappa shape index (κ1) is 12.3. The van der Waals surface area contributed by atoms with Crippen LogP contribution in [-0.2, 0) is 4.74 Å². The Labute approximate surface area is 103 Å². The van der Waals surface area contributed by atoms with Gasteiger partial charge >= 0.3 is 0 Å². The van der Waals surface area contributed by atoms with Gasteiger partial charge in [0, 0.05) is 31.6 Å². The van der Waals surface area contributed by atoms with Gasteiger partial charge in [0.1, 0.15) is 0 Å². The van der Waals surface area contributed by atoms with Crippen molar-refractivity contribution >= 4 is 5.95 Å². The molecule has 0 saturated carbocycles. The topological polar surface area (TPSA) is 38.2 Å². The SMILES string of the molecule is COC1CCN(c2nc(C)c(C)c(C)n2)CC1. The first-order valence-corrected chi connectivity index (χ1v) is 6.21. The zero-order valence-corrected chi connectivity index (χ0v) is 11.2. The molecule has 2 heterocycles. The predicted molar refractivity (Wildman–Crippen MR) is 68.5 cm³/mol. The van der Waals surface area contributed by atoms with Crippen LogP contribution in [0.2, 0.25) is 0 Å². The number of aromatic nitrogens is 2. The lowest BCUT2D eigenvalue weighted by atomic mass is 10.1. The van der Waals surface area contributed by atoms with E-state index < -0.39 is 0 Å². The van der Waals surface area contributed by atoms with Crippen molar-refractivity contribution in [2.45, 2.75) is 39.7 Å². The fourth-order valence-corrected chi connectivity index (χ4v) is 2.19. The Morgan fingerprint density at radius 2 is 1.59 bits per heavy atom. The summed E-state index contributed by atoms with van der Waals surface area (Å²) in [4.78, 5) is 11.4. The van der Waals surface area contributed by atoms with Crippen molar-refractivity contribution in [1.82, 2.24) is 9.97 Å². The molecule has 1 aliphatic rings. The van der Waals surface area contributed by atoms with Crippen LogP contribution in [-0.4, -0.2) is 36.3 Å². The smallest absolute Gasteiger partial charge is 0.225 e. The van der Waals surface area contributed by atoms with E-state index in [0.717, 1.165) is 43.3 Å². The number of methoxy groups -OCH3 is 1. The normalized spacial score (nSPS) is 17.5. The molecule has 1 fully saturated rings. The molecule has 0 spiro atoms. The highest BCUT2D eigenvalue weighted by atomic mass is 16.5. The maximum absolute atomic E-state index is 5.37. The molecular formula is C13H21N3O. The number of hydrogen-bond donors (Lipinski definition) is 0. The summed E-state index contributed by atoms with van der Waals surface area (Å²) in [5.41, 5.74) is 3.36. The van der Waals surface area contributed by atoms with Crippen LogP contribution in [0.1, 0.15) is 29.8 Å². The highest BCUT2D eigenvalue weighted by Crippen LogP contribution is 2.20. The molecule has 17 heavy (non-hydrogen) atoms. The largest absolute Gasteiger partial charge is 0.381 e. The minimum Gasteiger partial charge on any atom is -0.381 e. The predicted octanol–water partition coefficient (Wildman–Crippen LogP) is 2.02. The fourth-order valence-electron chi connectivity index (χ4n) is 2.19. The molecule has 1 aliphatic heterocycles. The molecule has 4 nitrogen and oxygen atoms in total. The Bertz CT molecular complexity index is 375. The van der Waals surface area contributed by atoms with Gasteiger partial charge in [0.05, 0.1) is 6.10 Å². The lowest BCUT2D eigenvalue weighted by molar-refractivity contribution is 0.0816. The Hall–Kier alpha value is -1.16. The van der Waals surface area contributed by atoms with Crippen molar-refractivity contribution < 1.29 is 4.74 Å². The maximum Gasteiger partial charge on any atom is 0.225 e. The van der Waals surface area contributed by atoms with Crippen molar-refractivity contribution in [3.63, 3.8) is 0 Å². The van der Waals surface area contributed by atoms with Crippen molar-refractivity contribution in [3.8, 4) is 0 Å². The number of ether oxygens (including phenoxy) is 1. The lowest BCUT2D eigenvalue weighted by Gasteiger charge is -2.31. The van der Waals surface area contributed by atoms with Crippen molar-refractivity contribution in [2.24, 2.45) is 0 Å². The van der Waals surface area contributed by atoms with Crippen LogP contribution in [0, 0.1) is 20.8 Å². The van der Waals surface area contributed by atoms with E-state index in [1.54, 1.807) is 7.11 Å². The molecule has 0 amide bonds. The summed E-state index contributed by atoms with van der Waals surface area (Å²) >= 11 is 0. The number of piperidine rings is 1. The zero-order chi connectivity index (χ0) is 12.4. The van der Waals surface area contributed by atoms with Gasteiger partial charge in [0.2, 0.25) is 5.95 Å². The first-order chi connectivity index (χ1) is 8.11. The Morgan fingerprint density at radius 1 is 1.06 bits per heavy atom. The summed E-state index contributed by atoms with van der Waals surface area (Å²) in [6.07, 6.45) is 2.52. The lowest BCUT2D eigenvalue weighted by Crippen LogP contribution is -2.37. The molecule has 0 N–H and O–H groups in total. The van der Waals surface area contributed by atoms with Gasteiger partial charge in [0.25, 0.3) is 0 Å². The van der Waals surface area contributed by atoms with Gasteiger partial charge < -0.3 is 9.64 Å². The van der Waals surface area contributed by atoms with E-state index in [4.69, 9.17) is 4.74 Å². The van der Waals surface area contributed by atoms with Gasteiger partial charge in [-0.1, -0.05) is 0 Å². The molecule has 1 aromatic heterocycles. The molecule has 94 valence electrons. The van der Waals surface area contributed by atoms with E-state index in [9.17, 15) is 0 Å². The second-order valence-corrected chi connectivity index (χ2v) is 4.74. The van der Waals surface area contributed by atoms with Crippen LogP contribution in [0.25, 0.3) is 0 Å². The van der Waals surface area contributed by atoms with E-state index in [2.05, 4.69) is 35.6 Å². The van der Waals surface area contributed by atoms with Gasteiger partial charge in [-0.3, -0.25) is 0 Å². The van der Waals surface area contributed by atoms with Crippen LogP contribution >= 0.6 is 0 Å². The standard InChI is InChI=1S/C13H21N3O/c1-9-10(2)14-13(15-11(9)3)16-7-5-12(17-4)6-8-16/h12H,5-8H2,1-4H3. The Balaban J connectivity index is 2.13. The summed E-state index contributed by atoms with van der Waals surface area (Å²) in [5.74, 6) is 0.875. The number of nitrogens with zero attached hydrogens (tertiary/aromatic N) is 3. The molecule has 0 unspecified atom stereocenters. The number of anilines is 1. The average molecular weight is 235 g/mol. The summed E-state index contributed by atoms with van der Waals surface area (Å²) < 4.78 is 5.37. The third kappa shape index (κ3) is 2.57. The Morgan fingerprint density at radius 3 is 2.06 bits per heavy atom. The number of hydrogen-bond acceptors (Lipinski definition) is 4. The highest BCUT2D eigenvalue weighted by Gasteiger charge is 2.21. The third-order valence-corrected chi connectivity index (χ3v) is 3.68. The first-order valence-electron chi connectivity index (χ1n) is 6.21. The summed E-state index contributed by atoms with van der Waals surface area (Å²) in [6.45, 7) is 8.15. The second-order valence-electron chi connectivity index (χ2n) is 4.74. The summed E-state index contributed by atoms with van der Waals surface area (Å²) in [7, 11) is 1.79. The van der Waals surface area contributed by atoms with Crippen LogP contribution in [0.4, 0.5) is 5.95 Å². The monoisotopic (exact) mass is 235 g/mol. The molecule has 1 saturated heterocycles. The van der Waals surface area contributed by atoms with Gasteiger partial charge in [-0.15, -0.1) is 0 Å². The number of aryl methyl sites for hydroxylation is 2. The second kappa shape index (κ2) is 5.00. The molecule has 1 aromatic rings. The zero-order valence-electron chi connectivity index (χ0n) is 11.2. The number of rotatable bonds is 2. The quantitative estimate of drug-likeness (QED) is 0.786. The summed E-state index contributed by atoms with van der Waals surface area (Å²) in [6, 6.07) is 0. The maximum atomic E-state index is 5.37. The fraction of sp³-hybridized carbons (Fsp3) is 0.692. The molecule has 0 aromatic carbocycles. The minimum absolute atomic E-state index is 0.402. The van der Waals surface area contributed by atoms with E-state index in [-0.39, 0.29) is 0 Å². The Kier molecular flexibility index (Phi) is 3.62. The molecule has 0 atom stereocenters. The minimum atomic E-state index is 0.402. The highest BCUT2D eigenvalue weighted by molar-refractivity contribution is 5.36. The van der Waals surface area contributed by atoms with E-state index >= 15 is 0 Å². The van der Waals surface area contributed by atoms with E-state index in [1.165, 1.54) is 5.56 Å². The van der Waals surface area contributed by atoms with E-state index in [1.807, 2.05) is 0 Å². The van der Waals surface area contributed by atoms with Crippen LogP contribution in [0.5, 0.6) is 0 Å². The van der Waals surface area contributed by atoms with Gasteiger partial charge in [-0.25, -0.2) is 9.97 Å². The molecular weight excluding hydrogens is 214 g/mol. The summed E-state index contributed by atoms with van der Waals surface area (Å²) in [5, 5.41) is 0. The van der Waals surface area contributed by atoms with Gasteiger partial charge in [0.15, 0.2) is 0 Å². The van der Waals surface area contributed by atoms with Gasteiger partial charge in [-0.05, 0) is 39.2 Å². The van der Waals surface area contributed by atoms with Crippen LogP contribution in [0.15, 0.2) is 0 Å². The molecule has 0 radical (unpaired) electrons. The van der Waals surface area contributed by atoms with Crippen molar-refractivity contribution in [3.05, 3.63) is 17.0 Å². The molecule has 4 heteroatoms. The molecule has 2 rings (SSSR count). The van der Waals surface area contributed by atoms with Crippen LogP contribution in [0.3, 0.4) is 0 Å². The average Bonchev–Trinajstić information content (AvgIpc) is 2.35. The molecule has 0 aliphatic carbocycles.